The van der Waals surface area contributed by atoms with Crippen LogP contribution in [0.2, 0.25) is 0 Å². The number of aromatic nitrogens is 4. The minimum atomic E-state index is -0.295. The van der Waals surface area contributed by atoms with Gasteiger partial charge in [0.25, 0.3) is 5.56 Å². The van der Waals surface area contributed by atoms with E-state index in [2.05, 4.69) is 15.3 Å². The summed E-state index contributed by atoms with van der Waals surface area (Å²) in [4.78, 5) is 11.0. The molecule has 1 N–H and O–H groups in total. The van der Waals surface area contributed by atoms with Gasteiger partial charge in [-0.15, -0.1) is 0 Å². The molecule has 6 heteroatoms. The SMILES string of the molecule is [B]c1n[nH]c(=O)c2ccnn12. The molecule has 0 aliphatic rings. The summed E-state index contributed by atoms with van der Waals surface area (Å²) in [6, 6.07) is 1.57. The second kappa shape index (κ2) is 1.95. The third kappa shape index (κ3) is 0.755. The topological polar surface area (TPSA) is 63.0 Å². The number of fused-ring (bicyclic) bond motifs is 1. The van der Waals surface area contributed by atoms with Crippen molar-refractivity contribution < 1.29 is 0 Å². The van der Waals surface area contributed by atoms with E-state index in [1.165, 1.54) is 10.7 Å². The predicted octanol–water partition coefficient (Wildman–Crippen LogP) is -1.79. The lowest BCUT2D eigenvalue weighted by atomic mass is 10.1. The summed E-state index contributed by atoms with van der Waals surface area (Å²) >= 11 is 0. The number of nitrogens with zero attached hydrogens (tertiary/aromatic N) is 3. The summed E-state index contributed by atoms with van der Waals surface area (Å²) in [5.41, 5.74) is 0.277. The van der Waals surface area contributed by atoms with Crippen LogP contribution in [-0.2, 0) is 0 Å². The molecular formula is C5H3BN4O. The molecule has 0 aliphatic heterocycles. The quantitative estimate of drug-likeness (QED) is 0.446. The summed E-state index contributed by atoms with van der Waals surface area (Å²) in [6.45, 7) is 0. The number of hydrogen-bond acceptors (Lipinski definition) is 3. The summed E-state index contributed by atoms with van der Waals surface area (Å²) in [5.74, 6) is 0. The van der Waals surface area contributed by atoms with Crippen LogP contribution in [0, 0.1) is 0 Å². The maximum atomic E-state index is 11.0. The van der Waals surface area contributed by atoms with Crippen LogP contribution < -0.4 is 11.3 Å². The van der Waals surface area contributed by atoms with Crippen molar-refractivity contribution in [2.75, 3.05) is 0 Å². The highest BCUT2D eigenvalue weighted by molar-refractivity contribution is 6.29. The molecule has 0 bridgehead atoms. The van der Waals surface area contributed by atoms with Gasteiger partial charge >= 0.3 is 0 Å². The van der Waals surface area contributed by atoms with Gasteiger partial charge in [-0.2, -0.15) is 10.2 Å². The van der Waals surface area contributed by atoms with E-state index in [4.69, 9.17) is 7.85 Å². The fraction of sp³-hybridized carbons (Fsp3) is 0. The summed E-state index contributed by atoms with van der Waals surface area (Å²) in [5, 5.41) is 9.55. The summed E-state index contributed by atoms with van der Waals surface area (Å²) in [7, 11) is 5.39. The Hall–Kier alpha value is -1.59. The Bertz CT molecular complexity index is 445. The van der Waals surface area contributed by atoms with Crippen molar-refractivity contribution in [3.63, 3.8) is 0 Å². The molecule has 0 saturated carbocycles. The summed E-state index contributed by atoms with van der Waals surface area (Å²) in [6.07, 6.45) is 1.49. The molecule has 5 nitrogen and oxygen atoms in total. The Labute approximate surface area is 62.5 Å². The highest BCUT2D eigenvalue weighted by Crippen LogP contribution is 1.86. The van der Waals surface area contributed by atoms with Crippen molar-refractivity contribution in [2.45, 2.75) is 0 Å². The zero-order valence-electron chi connectivity index (χ0n) is 5.48. The second-order valence-electron chi connectivity index (χ2n) is 2.04. The molecule has 0 amide bonds. The van der Waals surface area contributed by atoms with E-state index in [0.29, 0.717) is 5.52 Å². The number of rotatable bonds is 0. The minimum absolute atomic E-state index is 0.171. The molecule has 0 aromatic carbocycles. The van der Waals surface area contributed by atoms with E-state index in [0.717, 1.165) is 0 Å². The summed E-state index contributed by atoms with van der Waals surface area (Å²) < 4.78 is 1.28. The lowest BCUT2D eigenvalue weighted by molar-refractivity contribution is 0.887. The molecule has 11 heavy (non-hydrogen) atoms. The molecule has 2 radical (unpaired) electrons. The Morgan fingerprint density at radius 1 is 1.64 bits per heavy atom. The molecule has 2 rings (SSSR count). The van der Waals surface area contributed by atoms with Crippen molar-refractivity contribution in [2.24, 2.45) is 0 Å². The first-order valence-corrected chi connectivity index (χ1v) is 2.97. The zero-order valence-corrected chi connectivity index (χ0v) is 5.48. The molecular weight excluding hydrogens is 143 g/mol. The molecule has 2 aromatic heterocycles. The van der Waals surface area contributed by atoms with Gasteiger partial charge in [-0.25, -0.2) is 9.61 Å². The van der Waals surface area contributed by atoms with Crippen LogP contribution in [0.5, 0.6) is 0 Å². The molecule has 0 fully saturated rings. The normalized spacial score (nSPS) is 10.5. The maximum absolute atomic E-state index is 11.0. The van der Waals surface area contributed by atoms with Gasteiger partial charge < -0.3 is 0 Å². The van der Waals surface area contributed by atoms with Gasteiger partial charge in [-0.3, -0.25) is 4.79 Å². The molecule has 0 spiro atoms. The van der Waals surface area contributed by atoms with Crippen molar-refractivity contribution in [3.05, 3.63) is 22.6 Å². The maximum Gasteiger partial charge on any atom is 0.290 e. The highest BCUT2D eigenvalue weighted by Gasteiger charge is 1.99. The predicted molar refractivity (Wildman–Crippen MR) is 39.0 cm³/mol. The Kier molecular flexibility index (Phi) is 1.09. The van der Waals surface area contributed by atoms with Gasteiger partial charge in [0, 0.05) is 0 Å². The average molecular weight is 146 g/mol. The number of nitrogens with one attached hydrogen (secondary N) is 1. The van der Waals surface area contributed by atoms with Crippen LogP contribution in [-0.4, -0.2) is 27.7 Å². The van der Waals surface area contributed by atoms with Crippen molar-refractivity contribution in [1.82, 2.24) is 19.8 Å². The number of aromatic amines is 1. The molecule has 2 aromatic rings. The van der Waals surface area contributed by atoms with Crippen molar-refractivity contribution >= 4 is 19.1 Å². The van der Waals surface area contributed by atoms with Crippen LogP contribution in [0.3, 0.4) is 0 Å². The smallest absolute Gasteiger partial charge is 0.266 e. The van der Waals surface area contributed by atoms with Crippen molar-refractivity contribution in [3.8, 4) is 0 Å². The first-order chi connectivity index (χ1) is 5.29. The van der Waals surface area contributed by atoms with E-state index in [1.54, 1.807) is 6.07 Å². The van der Waals surface area contributed by atoms with Crippen LogP contribution in [0.1, 0.15) is 0 Å². The molecule has 0 unspecified atom stereocenters. The van der Waals surface area contributed by atoms with Gasteiger partial charge in [0.2, 0.25) is 0 Å². The molecule has 52 valence electrons. The first kappa shape index (κ1) is 6.15. The molecule has 0 saturated heterocycles. The van der Waals surface area contributed by atoms with Crippen LogP contribution in [0.15, 0.2) is 17.1 Å². The van der Waals surface area contributed by atoms with Gasteiger partial charge in [0.15, 0.2) is 7.85 Å². The van der Waals surface area contributed by atoms with E-state index in [9.17, 15) is 4.79 Å². The minimum Gasteiger partial charge on any atom is -0.266 e. The Morgan fingerprint density at radius 3 is 3.18 bits per heavy atom. The second-order valence-corrected chi connectivity index (χ2v) is 2.04. The third-order valence-corrected chi connectivity index (χ3v) is 1.36. The highest BCUT2D eigenvalue weighted by atomic mass is 16.1. The first-order valence-electron chi connectivity index (χ1n) is 2.97. The molecule has 0 aliphatic carbocycles. The largest absolute Gasteiger partial charge is 0.290 e. The fourth-order valence-corrected chi connectivity index (χ4v) is 0.871. The number of H-pyrrole nitrogens is 1. The van der Waals surface area contributed by atoms with Gasteiger partial charge in [-0.1, -0.05) is 0 Å². The number of hydrogen-bond donors (Lipinski definition) is 1. The van der Waals surface area contributed by atoms with E-state index in [-0.39, 0.29) is 11.3 Å². The van der Waals surface area contributed by atoms with Crippen LogP contribution >= 0.6 is 0 Å². The van der Waals surface area contributed by atoms with E-state index in [1.807, 2.05) is 0 Å². The van der Waals surface area contributed by atoms with Crippen molar-refractivity contribution in [1.29, 1.82) is 0 Å². The van der Waals surface area contributed by atoms with Crippen LogP contribution in [0.4, 0.5) is 0 Å². The third-order valence-electron chi connectivity index (χ3n) is 1.36. The molecule has 0 atom stereocenters. The van der Waals surface area contributed by atoms with E-state index < -0.39 is 0 Å². The molecule has 2 heterocycles. The Morgan fingerprint density at radius 2 is 2.45 bits per heavy atom. The lowest BCUT2D eigenvalue weighted by Gasteiger charge is -1.94. The Balaban J connectivity index is 3.08. The fourth-order valence-electron chi connectivity index (χ4n) is 0.871. The average Bonchev–Trinajstić information content (AvgIpc) is 2.45. The van der Waals surface area contributed by atoms with E-state index >= 15 is 0 Å². The standard InChI is InChI=1S/C5H3BN4O/c6-5-9-8-4(11)3-1-2-7-10(3)5/h1-2H,(H,8,11). The van der Waals surface area contributed by atoms with Gasteiger partial charge in [0.05, 0.1) is 11.9 Å². The lowest BCUT2D eigenvalue weighted by Crippen LogP contribution is -2.27. The monoisotopic (exact) mass is 146 g/mol. The zero-order chi connectivity index (χ0) is 7.84. The van der Waals surface area contributed by atoms with Crippen LogP contribution in [0.25, 0.3) is 5.52 Å². The van der Waals surface area contributed by atoms with Gasteiger partial charge in [0.1, 0.15) is 5.52 Å². The van der Waals surface area contributed by atoms with Gasteiger partial charge in [-0.05, 0) is 6.07 Å².